The van der Waals surface area contributed by atoms with Gasteiger partial charge in [-0.3, -0.25) is 9.59 Å². The summed E-state index contributed by atoms with van der Waals surface area (Å²) in [5, 5.41) is 0. The van der Waals surface area contributed by atoms with Crippen LogP contribution in [0.2, 0.25) is 0 Å². The number of carbonyl (C=O) groups is 2. The number of sulfone groups is 1. The maximum Gasteiger partial charge on any atom is 0.279 e. The highest BCUT2D eigenvalue weighted by Gasteiger charge is 2.12. The molecule has 0 saturated carbocycles. The first kappa shape index (κ1) is 18.2. The molecule has 1 heterocycles. The van der Waals surface area contributed by atoms with Gasteiger partial charge < -0.3 is 4.57 Å². The van der Waals surface area contributed by atoms with Crippen LogP contribution in [-0.4, -0.2) is 30.9 Å². The predicted molar refractivity (Wildman–Crippen MR) is 100 cm³/mol. The Hall–Kier alpha value is -2.58. The molecule has 0 aliphatic rings. The van der Waals surface area contributed by atoms with E-state index in [1.165, 1.54) is 24.3 Å². The predicted octanol–water partition coefficient (Wildman–Crippen LogP) is 2.59. The molecule has 0 saturated heterocycles. The number of ketones is 1. The number of aromatic nitrogens is 1. The molecule has 0 atom stereocenters. The average Bonchev–Trinajstić information content (AvgIpc) is 2.89. The van der Waals surface area contributed by atoms with Gasteiger partial charge in [0.2, 0.25) is 0 Å². The molecule has 0 bridgehead atoms. The first-order chi connectivity index (χ1) is 12.2. The maximum absolute atomic E-state index is 12.4. The number of hydrogen-bond acceptors (Lipinski definition) is 5. The zero-order valence-electron chi connectivity index (χ0n) is 14.4. The monoisotopic (exact) mass is 388 g/mol. The Balaban J connectivity index is 2.05. The molecule has 0 radical (unpaired) electrons. The minimum atomic E-state index is -3.30. The molecule has 3 rings (SSSR count). The first-order valence-electron chi connectivity index (χ1n) is 7.66. The molecule has 0 unspecified atom stereocenters. The molecular weight excluding hydrogens is 372 g/mol. The van der Waals surface area contributed by atoms with Gasteiger partial charge in [0, 0.05) is 24.4 Å². The average molecular weight is 388 g/mol. The third kappa shape index (κ3) is 3.51. The highest BCUT2D eigenvalue weighted by Crippen LogP contribution is 2.21. The van der Waals surface area contributed by atoms with Gasteiger partial charge in [-0.15, -0.1) is 0 Å². The number of fused-ring (bicyclic) bond motifs is 1. The smallest absolute Gasteiger partial charge is 0.279 e. The van der Waals surface area contributed by atoms with E-state index in [0.29, 0.717) is 15.9 Å². The third-order valence-corrected chi connectivity index (χ3v) is 6.15. The summed E-state index contributed by atoms with van der Waals surface area (Å²) < 4.78 is 25.9. The fourth-order valence-electron chi connectivity index (χ4n) is 2.45. The molecule has 0 aliphatic heterocycles. The van der Waals surface area contributed by atoms with Crippen LogP contribution in [0.3, 0.4) is 0 Å². The Morgan fingerprint density at radius 1 is 1.04 bits per heavy atom. The van der Waals surface area contributed by atoms with E-state index in [9.17, 15) is 18.0 Å². The van der Waals surface area contributed by atoms with Crippen molar-refractivity contribution < 1.29 is 18.0 Å². The molecule has 6 nitrogen and oxygen atoms in total. The van der Waals surface area contributed by atoms with E-state index < -0.39 is 15.7 Å². The van der Waals surface area contributed by atoms with Gasteiger partial charge in [-0.2, -0.15) is 4.99 Å². The van der Waals surface area contributed by atoms with Crippen molar-refractivity contribution in [3.63, 3.8) is 0 Å². The molecule has 0 fully saturated rings. The topological polar surface area (TPSA) is 85.6 Å². The Labute approximate surface area is 154 Å². The molecule has 0 aliphatic carbocycles. The van der Waals surface area contributed by atoms with Gasteiger partial charge in [0.25, 0.3) is 5.91 Å². The van der Waals surface area contributed by atoms with Crippen LogP contribution in [0.25, 0.3) is 10.2 Å². The van der Waals surface area contributed by atoms with E-state index in [1.807, 2.05) is 0 Å². The van der Waals surface area contributed by atoms with Crippen LogP contribution in [0.15, 0.2) is 52.4 Å². The second kappa shape index (κ2) is 6.62. The summed E-state index contributed by atoms with van der Waals surface area (Å²) in [6, 6.07) is 11.1. The first-order valence-corrected chi connectivity index (χ1v) is 10.4. The molecule has 8 heteroatoms. The van der Waals surface area contributed by atoms with Gasteiger partial charge in [-0.25, -0.2) is 8.42 Å². The summed E-state index contributed by atoms with van der Waals surface area (Å²) in [4.78, 5) is 28.5. The van der Waals surface area contributed by atoms with E-state index >= 15 is 0 Å². The largest absolute Gasteiger partial charge is 0.319 e. The number of hydrogen-bond donors (Lipinski definition) is 0. The normalized spacial score (nSPS) is 12.5. The number of carbonyl (C=O) groups excluding carboxylic acids is 2. The summed E-state index contributed by atoms with van der Waals surface area (Å²) in [6.07, 6.45) is 1.15. The number of nitrogens with zero attached hydrogens (tertiary/aromatic N) is 2. The maximum atomic E-state index is 12.4. The van der Waals surface area contributed by atoms with Crippen molar-refractivity contribution in [2.45, 2.75) is 11.8 Å². The SMILES string of the molecule is CC(=O)c1ccc(C(=O)N=c2sc3cc(S(C)(=O)=O)ccc3n2C)cc1. The molecule has 0 spiro atoms. The van der Waals surface area contributed by atoms with Crippen molar-refractivity contribution >= 4 is 43.1 Å². The van der Waals surface area contributed by atoms with E-state index in [4.69, 9.17) is 0 Å². The van der Waals surface area contributed by atoms with Crippen molar-refractivity contribution in [2.24, 2.45) is 12.0 Å². The Kier molecular flexibility index (Phi) is 4.64. The van der Waals surface area contributed by atoms with Crippen LogP contribution >= 0.6 is 11.3 Å². The van der Waals surface area contributed by atoms with Crippen molar-refractivity contribution in [2.75, 3.05) is 6.26 Å². The van der Waals surface area contributed by atoms with E-state index in [2.05, 4.69) is 4.99 Å². The quantitative estimate of drug-likeness (QED) is 0.646. The summed E-state index contributed by atoms with van der Waals surface area (Å²) in [7, 11) is -1.53. The number of rotatable bonds is 3. The zero-order chi connectivity index (χ0) is 19.1. The number of aryl methyl sites for hydroxylation is 1. The second-order valence-electron chi connectivity index (χ2n) is 5.90. The minimum absolute atomic E-state index is 0.0708. The highest BCUT2D eigenvalue weighted by molar-refractivity contribution is 7.90. The lowest BCUT2D eigenvalue weighted by molar-refractivity contribution is 0.0991. The number of amides is 1. The summed E-state index contributed by atoms with van der Waals surface area (Å²) in [6.45, 7) is 1.46. The molecule has 2 aromatic carbocycles. The standard InChI is InChI=1S/C18H16N2O4S2/c1-11(21)12-4-6-13(7-5-12)17(22)19-18-20(2)15-9-8-14(26(3,23)24)10-16(15)25-18/h4-10H,1-3H3. The van der Waals surface area contributed by atoms with Crippen LogP contribution in [0, 0.1) is 0 Å². The zero-order valence-corrected chi connectivity index (χ0v) is 16.0. The number of Topliss-reactive ketones (excluding diaryl/α,β-unsaturated/α-hetero) is 1. The van der Waals surface area contributed by atoms with Crippen molar-refractivity contribution in [3.05, 3.63) is 58.4 Å². The minimum Gasteiger partial charge on any atom is -0.319 e. The molecule has 134 valence electrons. The Morgan fingerprint density at radius 2 is 1.65 bits per heavy atom. The summed E-state index contributed by atoms with van der Waals surface area (Å²) in [5.74, 6) is -0.496. The Bertz CT molecular complexity index is 1200. The van der Waals surface area contributed by atoms with Crippen molar-refractivity contribution in [1.29, 1.82) is 0 Å². The van der Waals surface area contributed by atoms with E-state index in [-0.39, 0.29) is 10.7 Å². The van der Waals surface area contributed by atoms with Gasteiger partial charge in [0.05, 0.1) is 15.1 Å². The van der Waals surface area contributed by atoms with Crippen LogP contribution < -0.4 is 4.80 Å². The molecular formula is C18H16N2O4S2. The lowest BCUT2D eigenvalue weighted by atomic mass is 10.1. The fraction of sp³-hybridized carbons (Fsp3) is 0.167. The molecule has 3 aromatic rings. The lowest BCUT2D eigenvalue weighted by Crippen LogP contribution is -2.13. The molecule has 1 aromatic heterocycles. The molecule has 26 heavy (non-hydrogen) atoms. The fourth-order valence-corrected chi connectivity index (χ4v) is 4.23. The van der Waals surface area contributed by atoms with Gasteiger partial charge in [0.1, 0.15) is 0 Å². The number of benzene rings is 2. The van der Waals surface area contributed by atoms with Crippen LogP contribution in [-0.2, 0) is 16.9 Å². The van der Waals surface area contributed by atoms with Gasteiger partial charge in [-0.1, -0.05) is 23.5 Å². The van der Waals surface area contributed by atoms with E-state index in [0.717, 1.165) is 16.5 Å². The van der Waals surface area contributed by atoms with Gasteiger partial charge in [-0.05, 0) is 37.3 Å². The van der Waals surface area contributed by atoms with Crippen LogP contribution in [0.1, 0.15) is 27.6 Å². The molecule has 0 N–H and O–H groups in total. The number of thiazole rings is 1. The molecule has 1 amide bonds. The van der Waals surface area contributed by atoms with Gasteiger partial charge in [0.15, 0.2) is 20.4 Å². The van der Waals surface area contributed by atoms with Crippen molar-refractivity contribution in [1.82, 2.24) is 4.57 Å². The lowest BCUT2D eigenvalue weighted by Gasteiger charge is -1.99. The van der Waals surface area contributed by atoms with Crippen LogP contribution in [0.4, 0.5) is 0 Å². The van der Waals surface area contributed by atoms with Crippen molar-refractivity contribution in [3.8, 4) is 0 Å². The third-order valence-electron chi connectivity index (χ3n) is 3.94. The summed E-state index contributed by atoms with van der Waals surface area (Å²) in [5.41, 5.74) is 1.70. The highest BCUT2D eigenvalue weighted by atomic mass is 32.2. The van der Waals surface area contributed by atoms with E-state index in [1.54, 1.807) is 48.0 Å². The summed E-state index contributed by atoms with van der Waals surface area (Å²) >= 11 is 1.24. The Morgan fingerprint density at radius 3 is 2.23 bits per heavy atom. The van der Waals surface area contributed by atoms with Crippen LogP contribution in [0.5, 0.6) is 0 Å². The van der Waals surface area contributed by atoms with Gasteiger partial charge >= 0.3 is 0 Å². The second-order valence-corrected chi connectivity index (χ2v) is 8.92.